The first-order valence-corrected chi connectivity index (χ1v) is 16.1. The molecular formula is C33H48N2O6S. The number of nitrogens with two attached hydrogens (primary N) is 1. The fraction of sp³-hybridized carbons (Fsp3) is 0.667. The van der Waals surface area contributed by atoms with Gasteiger partial charge in [0.1, 0.15) is 17.9 Å². The average Bonchev–Trinajstić information content (AvgIpc) is 3.32. The van der Waals surface area contributed by atoms with Crippen LogP contribution in [-0.4, -0.2) is 58.0 Å². The number of nitrogens with one attached hydrogen (secondary N) is 1. The molecule has 3 saturated carbocycles. The Morgan fingerprint density at radius 3 is 2.67 bits per heavy atom. The van der Waals surface area contributed by atoms with Crippen LogP contribution in [0.25, 0.3) is 0 Å². The van der Waals surface area contributed by atoms with Crippen LogP contribution < -0.4 is 11.1 Å². The summed E-state index contributed by atoms with van der Waals surface area (Å²) in [6, 6.07) is 6.50. The zero-order chi connectivity index (χ0) is 31.0. The normalized spacial score (nSPS) is 37.5. The average molecular weight is 601 g/mol. The van der Waals surface area contributed by atoms with Gasteiger partial charge in [-0.1, -0.05) is 45.9 Å². The van der Waals surface area contributed by atoms with Crippen LogP contribution in [0.4, 0.5) is 0 Å². The standard InChI is InChI=1S/C33H48N2O6S/c1-7-31(5)16-25(32(6)19(2)11-13-33(20(3)29(31)39)14-12-24(37)28(32)33)41-26(38)18-42-23-10-8-9-22(15-23)17-35-30(40)27(34)21(4)36/h7-10,15,19-21,25,27-29,36,39H,1,11-14,16-18,34H2,2-6H3,(H,35,40)/t19?,20-,21-,25+,27+,28?,29-,31+,32-,33?/m0/s1. The van der Waals surface area contributed by atoms with Crippen molar-refractivity contribution in [2.24, 2.45) is 39.7 Å². The van der Waals surface area contributed by atoms with E-state index in [1.807, 2.05) is 31.2 Å². The third kappa shape index (κ3) is 5.82. The predicted molar refractivity (Wildman–Crippen MR) is 163 cm³/mol. The van der Waals surface area contributed by atoms with E-state index in [1.54, 1.807) is 6.08 Å². The highest BCUT2D eigenvalue weighted by atomic mass is 32.2. The van der Waals surface area contributed by atoms with E-state index < -0.39 is 41.1 Å². The Hall–Kier alpha value is -2.20. The Kier molecular flexibility index (Phi) is 9.68. The van der Waals surface area contributed by atoms with Crippen molar-refractivity contribution in [1.82, 2.24) is 5.32 Å². The molecule has 0 aliphatic heterocycles. The molecule has 10 atom stereocenters. The van der Waals surface area contributed by atoms with Crippen molar-refractivity contribution in [2.75, 3.05) is 5.75 Å². The first kappa shape index (κ1) is 32.7. The van der Waals surface area contributed by atoms with Crippen LogP contribution in [0, 0.1) is 34.0 Å². The molecular weight excluding hydrogens is 552 g/mol. The van der Waals surface area contributed by atoms with Gasteiger partial charge in [-0.2, -0.15) is 0 Å². The van der Waals surface area contributed by atoms with Crippen molar-refractivity contribution >= 4 is 29.4 Å². The summed E-state index contributed by atoms with van der Waals surface area (Å²) in [5.41, 5.74) is 5.01. The molecule has 0 radical (unpaired) electrons. The number of rotatable bonds is 9. The Labute approximate surface area is 254 Å². The van der Waals surface area contributed by atoms with Gasteiger partial charge in [0.2, 0.25) is 5.91 Å². The van der Waals surface area contributed by atoms with E-state index in [0.717, 1.165) is 29.7 Å². The smallest absolute Gasteiger partial charge is 0.316 e. The van der Waals surface area contributed by atoms with Gasteiger partial charge in [0, 0.05) is 34.6 Å². The van der Waals surface area contributed by atoms with Gasteiger partial charge in [0.05, 0.1) is 18.0 Å². The number of carbonyl (C=O) groups excluding carboxylic acids is 3. The van der Waals surface area contributed by atoms with Crippen molar-refractivity contribution in [3.8, 4) is 0 Å². The van der Waals surface area contributed by atoms with Gasteiger partial charge in [0.25, 0.3) is 0 Å². The van der Waals surface area contributed by atoms with Gasteiger partial charge in [-0.05, 0) is 67.6 Å². The summed E-state index contributed by atoms with van der Waals surface area (Å²) >= 11 is 1.35. The van der Waals surface area contributed by atoms with Crippen molar-refractivity contribution in [3.05, 3.63) is 42.5 Å². The number of ketones is 1. The Morgan fingerprint density at radius 1 is 1.29 bits per heavy atom. The molecule has 3 fully saturated rings. The number of aliphatic hydroxyl groups is 2. The summed E-state index contributed by atoms with van der Waals surface area (Å²) in [4.78, 5) is 40.0. The highest BCUT2D eigenvalue weighted by molar-refractivity contribution is 8.00. The van der Waals surface area contributed by atoms with Crippen LogP contribution in [0.3, 0.4) is 0 Å². The molecule has 42 heavy (non-hydrogen) atoms. The SMILES string of the molecule is C=C[C@]1(C)C[C@@H](OC(=O)CSc2cccc(CNC(=O)[C@H](N)[C@H](C)O)c2)[C@]2(C)C(C)CCC3(CCC(=O)C32)[C@@H](C)[C@@H]1O. The summed E-state index contributed by atoms with van der Waals surface area (Å²) < 4.78 is 6.33. The minimum Gasteiger partial charge on any atom is -0.461 e. The number of benzene rings is 1. The van der Waals surface area contributed by atoms with Gasteiger partial charge < -0.3 is 26.0 Å². The molecule has 5 N–H and O–H groups in total. The summed E-state index contributed by atoms with van der Waals surface area (Å²) in [6.45, 7) is 14.2. The second-order valence-corrected chi connectivity index (χ2v) is 14.5. The number of Topliss-reactive ketones (excluding diaryl/α,β-unsaturated/α-hetero) is 1. The van der Waals surface area contributed by atoms with Crippen LogP contribution in [0.5, 0.6) is 0 Å². The lowest BCUT2D eigenvalue weighted by atomic mass is 9.44. The zero-order valence-corrected chi connectivity index (χ0v) is 26.4. The molecule has 1 amide bonds. The van der Waals surface area contributed by atoms with E-state index in [9.17, 15) is 24.6 Å². The second kappa shape index (κ2) is 12.4. The van der Waals surface area contributed by atoms with E-state index in [0.29, 0.717) is 12.8 Å². The topological polar surface area (TPSA) is 139 Å². The summed E-state index contributed by atoms with van der Waals surface area (Å²) in [5, 5.41) is 23.9. The van der Waals surface area contributed by atoms with Crippen molar-refractivity contribution in [3.63, 3.8) is 0 Å². The highest BCUT2D eigenvalue weighted by Gasteiger charge is 2.68. The maximum Gasteiger partial charge on any atom is 0.316 e. The molecule has 1 aromatic rings. The third-order valence-electron chi connectivity index (χ3n) is 11.1. The first-order chi connectivity index (χ1) is 19.7. The van der Waals surface area contributed by atoms with Crippen LogP contribution in [-0.2, 0) is 25.7 Å². The molecule has 9 heteroatoms. The fourth-order valence-electron chi connectivity index (χ4n) is 8.11. The fourth-order valence-corrected chi connectivity index (χ4v) is 8.87. The van der Waals surface area contributed by atoms with Gasteiger partial charge in [-0.15, -0.1) is 18.3 Å². The summed E-state index contributed by atoms with van der Waals surface area (Å²) in [6.07, 6.45) is 3.11. The quantitative estimate of drug-likeness (QED) is 0.190. The number of carbonyl (C=O) groups is 3. The monoisotopic (exact) mass is 600 g/mol. The Morgan fingerprint density at radius 2 is 2.00 bits per heavy atom. The largest absolute Gasteiger partial charge is 0.461 e. The lowest BCUT2D eigenvalue weighted by Gasteiger charge is -2.61. The molecule has 232 valence electrons. The molecule has 3 aliphatic rings. The number of esters is 1. The Bertz CT molecular complexity index is 1210. The maximum absolute atomic E-state index is 13.6. The summed E-state index contributed by atoms with van der Waals surface area (Å²) in [7, 11) is 0. The van der Waals surface area contributed by atoms with Gasteiger partial charge in [-0.3, -0.25) is 14.4 Å². The lowest BCUT2D eigenvalue weighted by molar-refractivity contribution is -0.205. The molecule has 0 saturated heterocycles. The van der Waals surface area contributed by atoms with Gasteiger partial charge >= 0.3 is 5.97 Å². The number of amides is 1. The molecule has 2 bridgehead atoms. The molecule has 0 spiro atoms. The van der Waals surface area contributed by atoms with Crippen molar-refractivity contribution < 1.29 is 29.3 Å². The van der Waals surface area contributed by atoms with Crippen molar-refractivity contribution in [2.45, 2.75) is 103 Å². The van der Waals surface area contributed by atoms with E-state index >= 15 is 0 Å². The molecule has 4 rings (SSSR count). The number of aliphatic hydroxyl groups excluding tert-OH is 2. The molecule has 3 aliphatic carbocycles. The number of thioether (sulfide) groups is 1. The molecule has 0 heterocycles. The second-order valence-electron chi connectivity index (χ2n) is 13.5. The summed E-state index contributed by atoms with van der Waals surface area (Å²) in [5.74, 6) is -0.643. The van der Waals surface area contributed by atoms with Crippen LogP contribution in [0.15, 0.2) is 41.8 Å². The van der Waals surface area contributed by atoms with Crippen LogP contribution >= 0.6 is 11.8 Å². The maximum atomic E-state index is 13.6. The molecule has 0 aromatic heterocycles. The molecule has 8 nitrogen and oxygen atoms in total. The predicted octanol–water partition coefficient (Wildman–Crippen LogP) is 4.01. The van der Waals surface area contributed by atoms with Gasteiger partial charge in [0.15, 0.2) is 0 Å². The van der Waals surface area contributed by atoms with Crippen LogP contribution in [0.2, 0.25) is 0 Å². The number of hydrogen-bond donors (Lipinski definition) is 4. The highest BCUT2D eigenvalue weighted by Crippen LogP contribution is 2.68. The molecule has 3 unspecified atom stereocenters. The third-order valence-corrected chi connectivity index (χ3v) is 12.1. The van der Waals surface area contributed by atoms with Gasteiger partial charge in [-0.25, -0.2) is 0 Å². The van der Waals surface area contributed by atoms with E-state index in [1.165, 1.54) is 18.7 Å². The Balaban J connectivity index is 1.51. The number of hydrogen-bond acceptors (Lipinski definition) is 8. The minimum atomic E-state index is -1.00. The van der Waals surface area contributed by atoms with Crippen molar-refractivity contribution in [1.29, 1.82) is 0 Å². The van der Waals surface area contributed by atoms with Crippen LogP contribution in [0.1, 0.15) is 72.3 Å². The first-order valence-electron chi connectivity index (χ1n) is 15.2. The van der Waals surface area contributed by atoms with E-state index in [-0.39, 0.29) is 47.2 Å². The zero-order valence-electron chi connectivity index (χ0n) is 25.6. The minimum absolute atomic E-state index is 0.0733. The van der Waals surface area contributed by atoms with E-state index in [4.69, 9.17) is 10.5 Å². The number of ether oxygens (including phenoxy) is 1. The van der Waals surface area contributed by atoms with E-state index in [2.05, 4.69) is 32.7 Å². The molecule has 1 aromatic carbocycles. The lowest BCUT2D eigenvalue weighted by Crippen LogP contribution is -2.63.